The lowest BCUT2D eigenvalue weighted by Gasteiger charge is -2.34. The minimum absolute atomic E-state index is 0.303. The highest BCUT2D eigenvalue weighted by Gasteiger charge is 2.34. The summed E-state index contributed by atoms with van der Waals surface area (Å²) in [7, 11) is 0. The maximum Gasteiger partial charge on any atom is 0.225 e. The molecule has 0 atom stereocenters. The van der Waals surface area contributed by atoms with E-state index >= 15 is 0 Å². The van der Waals surface area contributed by atoms with Gasteiger partial charge in [-0.15, -0.1) is 0 Å². The Morgan fingerprint density at radius 1 is 0.967 bits per heavy atom. The topological polar surface area (TPSA) is 41.4 Å². The van der Waals surface area contributed by atoms with E-state index < -0.39 is 0 Å². The van der Waals surface area contributed by atoms with E-state index in [9.17, 15) is 4.79 Å². The van der Waals surface area contributed by atoms with E-state index in [2.05, 4.69) is 23.2 Å². The molecule has 2 heterocycles. The quantitative estimate of drug-likeness (QED) is 0.619. The van der Waals surface area contributed by atoms with Crippen LogP contribution in [0.2, 0.25) is 5.02 Å². The second kappa shape index (κ2) is 8.25. The van der Waals surface area contributed by atoms with Crippen LogP contribution in [0.15, 0.2) is 60.8 Å². The van der Waals surface area contributed by atoms with Gasteiger partial charge >= 0.3 is 0 Å². The van der Waals surface area contributed by atoms with Gasteiger partial charge in [-0.2, -0.15) is 5.10 Å². The van der Waals surface area contributed by atoms with Crippen LogP contribution in [0.4, 0.5) is 0 Å². The number of nitrogens with zero attached hydrogens (tertiary/aromatic N) is 4. The third kappa shape index (κ3) is 4.13. The molecule has 0 spiro atoms. The fourth-order valence-corrected chi connectivity index (χ4v) is 4.17. The number of rotatable bonds is 5. The van der Waals surface area contributed by atoms with Gasteiger partial charge in [0, 0.05) is 61.0 Å². The number of hydrogen-bond acceptors (Lipinski definition) is 3. The molecular formula is C24H25ClN4O. The van der Waals surface area contributed by atoms with Gasteiger partial charge in [0.25, 0.3) is 0 Å². The van der Waals surface area contributed by atoms with Gasteiger partial charge in [0.1, 0.15) is 0 Å². The fraction of sp³-hybridized carbons (Fsp3) is 0.333. The van der Waals surface area contributed by atoms with E-state index in [-0.39, 0.29) is 0 Å². The lowest BCUT2D eigenvalue weighted by molar-refractivity contribution is -0.134. The Labute approximate surface area is 181 Å². The molecule has 5 nitrogen and oxygen atoms in total. The van der Waals surface area contributed by atoms with E-state index in [0.717, 1.165) is 67.5 Å². The van der Waals surface area contributed by atoms with Gasteiger partial charge in [-0.25, -0.2) is 4.68 Å². The molecule has 30 heavy (non-hydrogen) atoms. The first kappa shape index (κ1) is 19.3. The predicted molar refractivity (Wildman–Crippen MR) is 119 cm³/mol. The third-order valence-electron chi connectivity index (χ3n) is 5.93. The van der Waals surface area contributed by atoms with E-state index in [0.29, 0.717) is 11.8 Å². The molecule has 0 bridgehead atoms. The molecule has 0 radical (unpaired) electrons. The fourth-order valence-electron chi connectivity index (χ4n) is 4.04. The van der Waals surface area contributed by atoms with Gasteiger partial charge in [0.15, 0.2) is 0 Å². The van der Waals surface area contributed by atoms with Crippen molar-refractivity contribution in [3.63, 3.8) is 0 Å². The summed E-state index contributed by atoms with van der Waals surface area (Å²) < 4.78 is 1.95. The van der Waals surface area contributed by atoms with E-state index in [1.807, 2.05) is 52.0 Å². The lowest BCUT2D eigenvalue weighted by atomic mass is 10.1. The molecule has 0 N–H and O–H groups in total. The van der Waals surface area contributed by atoms with Crippen molar-refractivity contribution in [3.8, 4) is 16.9 Å². The van der Waals surface area contributed by atoms with E-state index in [1.54, 1.807) is 0 Å². The number of aromatic nitrogens is 2. The van der Waals surface area contributed by atoms with Crippen molar-refractivity contribution in [3.05, 3.63) is 71.4 Å². The molecular weight excluding hydrogens is 396 g/mol. The summed E-state index contributed by atoms with van der Waals surface area (Å²) in [5, 5.41) is 5.62. The Morgan fingerprint density at radius 2 is 1.67 bits per heavy atom. The highest BCUT2D eigenvalue weighted by molar-refractivity contribution is 6.30. The van der Waals surface area contributed by atoms with E-state index in [4.69, 9.17) is 16.7 Å². The monoisotopic (exact) mass is 420 g/mol. The summed E-state index contributed by atoms with van der Waals surface area (Å²) in [6.45, 7) is 4.25. The number of carbonyl (C=O) groups excluding carboxylic acids is 1. The first-order valence-corrected chi connectivity index (χ1v) is 11.0. The Kier molecular flexibility index (Phi) is 5.32. The minimum Gasteiger partial charge on any atom is -0.340 e. The zero-order chi connectivity index (χ0) is 20.5. The van der Waals surface area contributed by atoms with Crippen LogP contribution >= 0.6 is 11.6 Å². The summed E-state index contributed by atoms with van der Waals surface area (Å²) >= 11 is 6.10. The molecule has 1 saturated carbocycles. The number of hydrogen-bond donors (Lipinski definition) is 0. The van der Waals surface area contributed by atoms with Crippen LogP contribution < -0.4 is 0 Å². The van der Waals surface area contributed by atoms with Crippen molar-refractivity contribution >= 4 is 17.5 Å². The lowest BCUT2D eigenvalue weighted by Crippen LogP contribution is -2.48. The second-order valence-corrected chi connectivity index (χ2v) is 8.60. The molecule has 1 saturated heterocycles. The third-order valence-corrected chi connectivity index (χ3v) is 6.18. The number of carbonyl (C=O) groups is 1. The van der Waals surface area contributed by atoms with Crippen molar-refractivity contribution in [1.29, 1.82) is 0 Å². The molecule has 3 aromatic rings. The zero-order valence-electron chi connectivity index (χ0n) is 16.9. The second-order valence-electron chi connectivity index (χ2n) is 8.17. The number of amides is 1. The molecule has 1 aliphatic carbocycles. The van der Waals surface area contributed by atoms with Crippen LogP contribution in [0, 0.1) is 5.92 Å². The molecule has 1 amide bonds. The van der Waals surface area contributed by atoms with Crippen LogP contribution in [0.25, 0.3) is 16.9 Å². The molecule has 154 valence electrons. The smallest absolute Gasteiger partial charge is 0.225 e. The van der Waals surface area contributed by atoms with Crippen LogP contribution in [0.3, 0.4) is 0 Å². The summed E-state index contributed by atoms with van der Waals surface area (Å²) in [6, 6.07) is 18.0. The van der Waals surface area contributed by atoms with Gasteiger partial charge in [0.05, 0.1) is 11.4 Å². The van der Waals surface area contributed by atoms with Crippen LogP contribution in [0.5, 0.6) is 0 Å². The van der Waals surface area contributed by atoms with Crippen LogP contribution in [-0.4, -0.2) is 51.7 Å². The van der Waals surface area contributed by atoms with Crippen molar-refractivity contribution < 1.29 is 4.79 Å². The standard InChI is InChI=1S/C24H25ClN4O/c25-21-10-8-18(9-11-21)23-20(17-29(26-23)22-4-2-1-3-5-22)16-27-12-14-28(15-13-27)24(30)19-6-7-19/h1-5,8-11,17,19H,6-7,12-16H2. The van der Waals surface area contributed by atoms with Gasteiger partial charge in [-0.05, 0) is 37.1 Å². The van der Waals surface area contributed by atoms with Crippen LogP contribution in [0.1, 0.15) is 18.4 Å². The zero-order valence-corrected chi connectivity index (χ0v) is 17.6. The maximum absolute atomic E-state index is 12.3. The number of para-hydroxylation sites is 1. The van der Waals surface area contributed by atoms with E-state index in [1.165, 1.54) is 5.56 Å². The predicted octanol–water partition coefficient (Wildman–Crippen LogP) is 4.25. The van der Waals surface area contributed by atoms with Crippen molar-refractivity contribution in [2.24, 2.45) is 5.92 Å². The van der Waals surface area contributed by atoms with Crippen molar-refractivity contribution in [2.75, 3.05) is 26.2 Å². The number of halogens is 1. The largest absolute Gasteiger partial charge is 0.340 e. The average molecular weight is 421 g/mol. The summed E-state index contributed by atoms with van der Waals surface area (Å²) in [6.07, 6.45) is 4.27. The first-order valence-electron chi connectivity index (χ1n) is 10.6. The molecule has 5 rings (SSSR count). The molecule has 1 aromatic heterocycles. The SMILES string of the molecule is O=C(C1CC1)N1CCN(Cc2cn(-c3ccccc3)nc2-c2ccc(Cl)cc2)CC1. The van der Waals surface area contributed by atoms with Gasteiger partial charge in [-0.3, -0.25) is 9.69 Å². The Hall–Kier alpha value is -2.63. The summed E-state index contributed by atoms with van der Waals surface area (Å²) in [4.78, 5) is 16.8. The average Bonchev–Trinajstić information content (AvgIpc) is 3.56. The van der Waals surface area contributed by atoms with Gasteiger partial charge < -0.3 is 4.90 Å². The summed E-state index contributed by atoms with van der Waals surface area (Å²) in [5.74, 6) is 0.658. The number of piperazine rings is 1. The maximum atomic E-state index is 12.3. The summed E-state index contributed by atoms with van der Waals surface area (Å²) in [5.41, 5.74) is 4.26. The van der Waals surface area contributed by atoms with Gasteiger partial charge in [-0.1, -0.05) is 41.9 Å². The Morgan fingerprint density at radius 3 is 2.33 bits per heavy atom. The minimum atomic E-state index is 0.303. The highest BCUT2D eigenvalue weighted by atomic mass is 35.5. The molecule has 6 heteroatoms. The molecule has 1 aliphatic heterocycles. The Bertz CT molecular complexity index is 1020. The Balaban J connectivity index is 1.37. The van der Waals surface area contributed by atoms with Crippen molar-refractivity contribution in [1.82, 2.24) is 19.6 Å². The molecule has 2 aliphatic rings. The molecule has 2 fully saturated rings. The number of benzene rings is 2. The van der Waals surface area contributed by atoms with Crippen molar-refractivity contribution in [2.45, 2.75) is 19.4 Å². The molecule has 2 aromatic carbocycles. The normalized spacial score (nSPS) is 17.3. The highest BCUT2D eigenvalue weighted by Crippen LogP contribution is 2.31. The van der Waals surface area contributed by atoms with Gasteiger partial charge in [0.2, 0.25) is 5.91 Å². The molecule has 0 unspecified atom stereocenters. The van der Waals surface area contributed by atoms with Crippen LogP contribution in [-0.2, 0) is 11.3 Å². The first-order chi connectivity index (χ1) is 14.7.